The Balaban J connectivity index is 1.94. The molecule has 0 bridgehead atoms. The van der Waals surface area contributed by atoms with Gasteiger partial charge >= 0.3 is 25.1 Å². The first kappa shape index (κ1) is 25.6. The van der Waals surface area contributed by atoms with E-state index in [0.717, 1.165) is 17.3 Å². The summed E-state index contributed by atoms with van der Waals surface area (Å²) in [6, 6.07) is 2.87. The van der Waals surface area contributed by atoms with Crippen molar-refractivity contribution >= 4 is 22.8 Å². The SMILES string of the molecule is COc1ccnc(CSc2nc3cc(OC(F)(F)C(F)F)c(OC(F)(F)C(F)F)cc3[nH]2)c1C. The van der Waals surface area contributed by atoms with Crippen molar-refractivity contribution in [2.45, 2.75) is 42.9 Å². The fourth-order valence-corrected chi connectivity index (χ4v) is 3.58. The number of rotatable bonds is 10. The highest BCUT2D eigenvalue weighted by Crippen LogP contribution is 2.41. The number of aromatic nitrogens is 3. The maximum Gasteiger partial charge on any atom is 0.461 e. The number of benzene rings is 1. The lowest BCUT2D eigenvalue weighted by Crippen LogP contribution is -2.35. The summed E-state index contributed by atoms with van der Waals surface area (Å²) in [7, 11) is 1.48. The van der Waals surface area contributed by atoms with E-state index in [0.29, 0.717) is 23.6 Å². The van der Waals surface area contributed by atoms with Crippen molar-refractivity contribution in [2.75, 3.05) is 7.11 Å². The zero-order valence-electron chi connectivity index (χ0n) is 17.2. The Kier molecular flexibility index (Phi) is 7.33. The topological polar surface area (TPSA) is 69.3 Å². The number of methoxy groups -OCH3 is 1. The smallest absolute Gasteiger partial charge is 0.461 e. The minimum atomic E-state index is -5.12. The first-order chi connectivity index (χ1) is 15.8. The highest BCUT2D eigenvalue weighted by molar-refractivity contribution is 7.98. The third-order valence-electron chi connectivity index (χ3n) is 4.35. The predicted octanol–water partition coefficient (Wildman–Crippen LogP) is 6.04. The lowest BCUT2D eigenvalue weighted by atomic mass is 10.2. The van der Waals surface area contributed by atoms with Crippen molar-refractivity contribution in [3.63, 3.8) is 0 Å². The van der Waals surface area contributed by atoms with E-state index in [4.69, 9.17) is 4.74 Å². The summed E-state index contributed by atoms with van der Waals surface area (Å²) < 4.78 is 117. The molecule has 15 heteroatoms. The number of fused-ring (bicyclic) bond motifs is 1. The fraction of sp³-hybridized carbons (Fsp3) is 0.368. The fourth-order valence-electron chi connectivity index (χ4n) is 2.67. The number of thioether (sulfide) groups is 1. The molecule has 0 aliphatic heterocycles. The lowest BCUT2D eigenvalue weighted by molar-refractivity contribution is -0.264. The number of imidazole rings is 1. The number of nitrogens with one attached hydrogen (secondary N) is 1. The van der Waals surface area contributed by atoms with Gasteiger partial charge in [0, 0.05) is 29.6 Å². The third kappa shape index (κ3) is 5.56. The van der Waals surface area contributed by atoms with Gasteiger partial charge in [-0.2, -0.15) is 35.1 Å². The van der Waals surface area contributed by atoms with Crippen LogP contribution in [0.1, 0.15) is 11.3 Å². The van der Waals surface area contributed by atoms with E-state index in [9.17, 15) is 35.1 Å². The molecule has 6 nitrogen and oxygen atoms in total. The molecule has 3 rings (SSSR count). The van der Waals surface area contributed by atoms with Gasteiger partial charge in [0.2, 0.25) is 0 Å². The van der Waals surface area contributed by atoms with Gasteiger partial charge in [0.1, 0.15) is 5.75 Å². The molecule has 0 atom stereocenters. The van der Waals surface area contributed by atoms with Crippen LogP contribution in [0.15, 0.2) is 29.6 Å². The van der Waals surface area contributed by atoms with E-state index in [1.807, 2.05) is 0 Å². The van der Waals surface area contributed by atoms with Gasteiger partial charge in [0.25, 0.3) is 0 Å². The minimum absolute atomic E-state index is 0.0920. The largest absolute Gasteiger partial charge is 0.496 e. The Bertz CT molecular complexity index is 1100. The summed E-state index contributed by atoms with van der Waals surface area (Å²) in [4.78, 5) is 10.9. The van der Waals surface area contributed by atoms with Crippen molar-refractivity contribution in [1.82, 2.24) is 15.0 Å². The Hall–Kier alpha value is -2.97. The quantitative estimate of drug-likeness (QED) is 0.261. The second-order valence-electron chi connectivity index (χ2n) is 6.66. The monoisotopic (exact) mass is 517 g/mol. The van der Waals surface area contributed by atoms with E-state index in [1.165, 1.54) is 13.3 Å². The van der Waals surface area contributed by atoms with Gasteiger partial charge in [-0.3, -0.25) is 4.98 Å². The van der Waals surface area contributed by atoms with Crippen LogP contribution < -0.4 is 14.2 Å². The molecule has 0 spiro atoms. The van der Waals surface area contributed by atoms with E-state index in [-0.39, 0.29) is 21.9 Å². The third-order valence-corrected chi connectivity index (χ3v) is 5.23. The van der Waals surface area contributed by atoms with Crippen LogP contribution in [0.25, 0.3) is 11.0 Å². The Morgan fingerprint density at radius 3 is 2.12 bits per heavy atom. The number of aromatic amines is 1. The first-order valence-electron chi connectivity index (χ1n) is 9.19. The van der Waals surface area contributed by atoms with Crippen LogP contribution in [0.4, 0.5) is 35.1 Å². The van der Waals surface area contributed by atoms with Gasteiger partial charge in [-0.25, -0.2) is 4.98 Å². The minimum Gasteiger partial charge on any atom is -0.496 e. The van der Waals surface area contributed by atoms with Crippen molar-refractivity contribution in [3.05, 3.63) is 35.7 Å². The maximum atomic E-state index is 13.4. The molecule has 1 aromatic carbocycles. The molecule has 34 heavy (non-hydrogen) atoms. The molecule has 0 radical (unpaired) electrons. The molecule has 0 saturated carbocycles. The summed E-state index contributed by atoms with van der Waals surface area (Å²) >= 11 is 1.08. The van der Waals surface area contributed by atoms with Gasteiger partial charge in [0.05, 0.1) is 23.8 Å². The summed E-state index contributed by atoms with van der Waals surface area (Å²) in [6.07, 6.45) is -17.4. The Morgan fingerprint density at radius 2 is 1.56 bits per heavy atom. The molecule has 0 amide bonds. The van der Waals surface area contributed by atoms with E-state index >= 15 is 0 Å². The average Bonchev–Trinajstić information content (AvgIpc) is 3.14. The number of halogens is 8. The number of hydrogen-bond donors (Lipinski definition) is 1. The van der Waals surface area contributed by atoms with Crippen LogP contribution in [-0.2, 0) is 5.75 Å². The molecular weight excluding hydrogens is 502 g/mol. The highest BCUT2D eigenvalue weighted by Gasteiger charge is 2.47. The number of hydrogen-bond acceptors (Lipinski definition) is 6. The number of pyridine rings is 1. The molecule has 0 aliphatic carbocycles. The number of ether oxygens (including phenoxy) is 3. The Labute approximate surface area is 190 Å². The summed E-state index contributed by atoms with van der Waals surface area (Å²) in [5.74, 6) is -1.81. The van der Waals surface area contributed by atoms with E-state index in [1.54, 1.807) is 13.0 Å². The zero-order chi connectivity index (χ0) is 25.3. The van der Waals surface area contributed by atoms with Crippen molar-refractivity contribution in [3.8, 4) is 17.2 Å². The van der Waals surface area contributed by atoms with Crippen molar-refractivity contribution in [1.29, 1.82) is 0 Å². The number of nitrogens with zero attached hydrogens (tertiary/aromatic N) is 2. The molecule has 0 aliphatic rings. The summed E-state index contributed by atoms with van der Waals surface area (Å²) in [6.45, 7) is 1.76. The maximum absolute atomic E-state index is 13.4. The molecule has 2 heterocycles. The summed E-state index contributed by atoms with van der Waals surface area (Å²) in [5, 5.41) is 0.156. The average molecular weight is 517 g/mol. The summed E-state index contributed by atoms with van der Waals surface area (Å²) in [5.41, 5.74) is 1.10. The van der Waals surface area contributed by atoms with Gasteiger partial charge < -0.3 is 19.2 Å². The first-order valence-corrected chi connectivity index (χ1v) is 10.2. The molecule has 1 N–H and O–H groups in total. The van der Waals surface area contributed by atoms with Gasteiger partial charge in [-0.1, -0.05) is 11.8 Å². The number of H-pyrrole nitrogens is 1. The Morgan fingerprint density at radius 1 is 0.971 bits per heavy atom. The van der Waals surface area contributed by atoms with Crippen LogP contribution in [0.2, 0.25) is 0 Å². The number of alkyl halides is 8. The van der Waals surface area contributed by atoms with E-state index < -0.39 is 36.6 Å². The zero-order valence-corrected chi connectivity index (χ0v) is 18.0. The van der Waals surface area contributed by atoms with Gasteiger partial charge in [-0.05, 0) is 13.0 Å². The van der Waals surface area contributed by atoms with Crippen LogP contribution in [0, 0.1) is 6.92 Å². The molecule has 0 unspecified atom stereocenters. The van der Waals surface area contributed by atoms with Crippen molar-refractivity contribution in [2.24, 2.45) is 0 Å². The van der Waals surface area contributed by atoms with Gasteiger partial charge in [-0.15, -0.1) is 0 Å². The second-order valence-corrected chi connectivity index (χ2v) is 7.62. The molecular formula is C19H15F8N3O3S. The lowest BCUT2D eigenvalue weighted by Gasteiger charge is -2.22. The molecule has 3 aromatic rings. The van der Waals surface area contributed by atoms with Crippen LogP contribution >= 0.6 is 11.8 Å². The second kappa shape index (κ2) is 9.72. The highest BCUT2D eigenvalue weighted by atomic mass is 32.2. The normalized spacial score (nSPS) is 12.6. The predicted molar refractivity (Wildman–Crippen MR) is 104 cm³/mol. The standard InChI is InChI=1S/C19H15F8N3O3S/c1-8-11(28-4-3-12(8)31-2)7-34-17-29-9-5-13(32-18(24,25)15(20)21)14(6-10(9)30-17)33-19(26,27)16(22)23/h3-6,15-16H,7H2,1-2H3,(H,29,30). The van der Waals surface area contributed by atoms with Crippen LogP contribution in [0.5, 0.6) is 17.2 Å². The molecule has 0 saturated heterocycles. The molecule has 186 valence electrons. The molecule has 2 aromatic heterocycles. The molecule has 0 fully saturated rings. The van der Waals surface area contributed by atoms with Crippen molar-refractivity contribution < 1.29 is 49.3 Å². The van der Waals surface area contributed by atoms with Crippen LogP contribution in [-0.4, -0.2) is 47.1 Å². The van der Waals surface area contributed by atoms with Gasteiger partial charge in [0.15, 0.2) is 16.7 Å². The van der Waals surface area contributed by atoms with E-state index in [2.05, 4.69) is 24.4 Å². The van der Waals surface area contributed by atoms with Crippen LogP contribution in [0.3, 0.4) is 0 Å².